The molecule has 0 aromatic carbocycles. The second-order valence-electron chi connectivity index (χ2n) is 3.44. The highest BCUT2D eigenvalue weighted by Gasteiger charge is 2.08. The highest BCUT2D eigenvalue weighted by molar-refractivity contribution is 5.81. The number of esters is 1. The van der Waals surface area contributed by atoms with Gasteiger partial charge in [0, 0.05) is 6.08 Å². The van der Waals surface area contributed by atoms with Gasteiger partial charge in [-0.1, -0.05) is 6.08 Å². The zero-order valence-electron chi connectivity index (χ0n) is 9.15. The van der Waals surface area contributed by atoms with Crippen molar-refractivity contribution in [3.05, 3.63) is 24.5 Å². The predicted octanol–water partition coefficient (Wildman–Crippen LogP) is 2.58. The SMILES string of the molecule is CCOC(=O)/C=C/CCC1CCC=CO1. The molecule has 3 nitrogen and oxygen atoms in total. The summed E-state index contributed by atoms with van der Waals surface area (Å²) in [5.41, 5.74) is 0. The third-order valence-corrected chi connectivity index (χ3v) is 2.22. The van der Waals surface area contributed by atoms with Gasteiger partial charge in [-0.05, 0) is 38.7 Å². The lowest BCUT2D eigenvalue weighted by molar-refractivity contribution is -0.137. The van der Waals surface area contributed by atoms with E-state index in [1.807, 2.05) is 12.2 Å². The molecule has 0 N–H and O–H groups in total. The molecule has 0 amide bonds. The van der Waals surface area contributed by atoms with Crippen LogP contribution in [-0.2, 0) is 14.3 Å². The maximum Gasteiger partial charge on any atom is 0.330 e. The summed E-state index contributed by atoms with van der Waals surface area (Å²) in [6.07, 6.45) is 11.4. The van der Waals surface area contributed by atoms with Gasteiger partial charge in [0.1, 0.15) is 0 Å². The lowest BCUT2D eigenvalue weighted by Gasteiger charge is -2.18. The molecular formula is C12H18O3. The fourth-order valence-electron chi connectivity index (χ4n) is 1.45. The molecular weight excluding hydrogens is 192 g/mol. The van der Waals surface area contributed by atoms with Gasteiger partial charge in [-0.25, -0.2) is 4.79 Å². The van der Waals surface area contributed by atoms with E-state index in [9.17, 15) is 4.79 Å². The summed E-state index contributed by atoms with van der Waals surface area (Å²) in [6.45, 7) is 2.23. The monoisotopic (exact) mass is 210 g/mol. The highest BCUT2D eigenvalue weighted by atomic mass is 16.5. The van der Waals surface area contributed by atoms with Crippen LogP contribution in [0.25, 0.3) is 0 Å². The molecule has 0 saturated heterocycles. The molecule has 1 heterocycles. The molecule has 15 heavy (non-hydrogen) atoms. The Balaban J connectivity index is 2.09. The summed E-state index contributed by atoms with van der Waals surface area (Å²) in [4.78, 5) is 10.9. The summed E-state index contributed by atoms with van der Waals surface area (Å²) in [7, 11) is 0. The minimum absolute atomic E-state index is 0.262. The third kappa shape index (κ3) is 5.25. The van der Waals surface area contributed by atoms with Gasteiger partial charge in [0.2, 0.25) is 0 Å². The van der Waals surface area contributed by atoms with Crippen molar-refractivity contribution in [1.29, 1.82) is 0 Å². The summed E-state index contributed by atoms with van der Waals surface area (Å²) >= 11 is 0. The molecule has 1 unspecified atom stereocenters. The second kappa shape index (κ2) is 7.10. The van der Waals surface area contributed by atoms with E-state index in [-0.39, 0.29) is 5.97 Å². The average Bonchev–Trinajstić information content (AvgIpc) is 2.26. The van der Waals surface area contributed by atoms with Crippen molar-refractivity contribution in [2.24, 2.45) is 0 Å². The van der Waals surface area contributed by atoms with Crippen LogP contribution in [0.4, 0.5) is 0 Å². The van der Waals surface area contributed by atoms with Crippen molar-refractivity contribution in [3.8, 4) is 0 Å². The molecule has 84 valence electrons. The van der Waals surface area contributed by atoms with Crippen LogP contribution in [0.3, 0.4) is 0 Å². The van der Waals surface area contributed by atoms with E-state index in [1.54, 1.807) is 13.2 Å². The van der Waals surface area contributed by atoms with Crippen LogP contribution in [0.2, 0.25) is 0 Å². The Hall–Kier alpha value is -1.25. The Morgan fingerprint density at radius 3 is 3.20 bits per heavy atom. The van der Waals surface area contributed by atoms with Crippen LogP contribution < -0.4 is 0 Å². The molecule has 1 atom stereocenters. The summed E-state index contributed by atoms with van der Waals surface area (Å²) in [6, 6.07) is 0. The molecule has 0 aliphatic carbocycles. The molecule has 0 radical (unpaired) electrons. The molecule has 0 spiro atoms. The van der Waals surface area contributed by atoms with Crippen molar-refractivity contribution in [2.45, 2.75) is 38.7 Å². The number of ether oxygens (including phenoxy) is 2. The maximum atomic E-state index is 10.9. The van der Waals surface area contributed by atoms with E-state index < -0.39 is 0 Å². The van der Waals surface area contributed by atoms with Crippen molar-refractivity contribution < 1.29 is 14.3 Å². The lowest BCUT2D eigenvalue weighted by Crippen LogP contribution is -2.11. The summed E-state index contributed by atoms with van der Waals surface area (Å²) < 4.78 is 10.2. The molecule has 1 rings (SSSR count). The van der Waals surface area contributed by atoms with Gasteiger partial charge in [-0.3, -0.25) is 0 Å². The Kier molecular flexibility index (Phi) is 5.59. The minimum Gasteiger partial charge on any atom is -0.498 e. The summed E-state index contributed by atoms with van der Waals surface area (Å²) in [5.74, 6) is -0.262. The normalized spacial score (nSPS) is 20.2. The van der Waals surface area contributed by atoms with E-state index >= 15 is 0 Å². The number of allylic oxidation sites excluding steroid dienone is 2. The molecule has 0 aromatic rings. The molecule has 0 bridgehead atoms. The van der Waals surface area contributed by atoms with Gasteiger partial charge in [0.05, 0.1) is 19.0 Å². The van der Waals surface area contributed by atoms with E-state index in [0.29, 0.717) is 12.7 Å². The van der Waals surface area contributed by atoms with Gasteiger partial charge in [0.25, 0.3) is 0 Å². The first-order chi connectivity index (χ1) is 7.33. The zero-order chi connectivity index (χ0) is 10.9. The lowest BCUT2D eigenvalue weighted by atomic mass is 10.1. The molecule has 0 aromatic heterocycles. The Labute approximate surface area is 90.8 Å². The summed E-state index contributed by atoms with van der Waals surface area (Å²) in [5, 5.41) is 0. The molecule has 1 aliphatic rings. The second-order valence-corrected chi connectivity index (χ2v) is 3.44. The first-order valence-corrected chi connectivity index (χ1v) is 5.46. The first-order valence-electron chi connectivity index (χ1n) is 5.46. The van der Waals surface area contributed by atoms with Crippen LogP contribution in [0.1, 0.15) is 32.6 Å². The number of carbonyl (C=O) groups is 1. The fourth-order valence-corrected chi connectivity index (χ4v) is 1.45. The van der Waals surface area contributed by atoms with E-state index in [1.165, 1.54) is 6.08 Å². The van der Waals surface area contributed by atoms with Gasteiger partial charge in [-0.15, -0.1) is 0 Å². The van der Waals surface area contributed by atoms with Crippen LogP contribution in [-0.4, -0.2) is 18.7 Å². The van der Waals surface area contributed by atoms with Gasteiger partial charge in [-0.2, -0.15) is 0 Å². The first kappa shape index (κ1) is 11.8. The van der Waals surface area contributed by atoms with Crippen LogP contribution in [0, 0.1) is 0 Å². The number of rotatable bonds is 5. The van der Waals surface area contributed by atoms with Crippen molar-refractivity contribution >= 4 is 5.97 Å². The van der Waals surface area contributed by atoms with E-state index in [4.69, 9.17) is 9.47 Å². The zero-order valence-corrected chi connectivity index (χ0v) is 9.15. The number of hydrogen-bond donors (Lipinski definition) is 0. The van der Waals surface area contributed by atoms with Crippen molar-refractivity contribution in [1.82, 2.24) is 0 Å². The largest absolute Gasteiger partial charge is 0.498 e. The fraction of sp³-hybridized carbons (Fsp3) is 0.583. The Morgan fingerprint density at radius 2 is 2.53 bits per heavy atom. The smallest absolute Gasteiger partial charge is 0.330 e. The van der Waals surface area contributed by atoms with E-state index in [2.05, 4.69) is 0 Å². The quantitative estimate of drug-likeness (QED) is 0.517. The van der Waals surface area contributed by atoms with Gasteiger partial charge in [0.15, 0.2) is 0 Å². The predicted molar refractivity (Wildman–Crippen MR) is 58.3 cm³/mol. The van der Waals surface area contributed by atoms with Crippen molar-refractivity contribution in [2.75, 3.05) is 6.61 Å². The maximum absolute atomic E-state index is 10.9. The van der Waals surface area contributed by atoms with Crippen LogP contribution in [0.5, 0.6) is 0 Å². The van der Waals surface area contributed by atoms with Gasteiger partial charge >= 0.3 is 5.97 Å². The van der Waals surface area contributed by atoms with Gasteiger partial charge < -0.3 is 9.47 Å². The van der Waals surface area contributed by atoms with Crippen molar-refractivity contribution in [3.63, 3.8) is 0 Å². The topological polar surface area (TPSA) is 35.5 Å². The Morgan fingerprint density at radius 1 is 1.67 bits per heavy atom. The Bertz CT molecular complexity index is 243. The molecule has 0 fully saturated rings. The molecule has 3 heteroatoms. The third-order valence-electron chi connectivity index (χ3n) is 2.22. The number of carbonyl (C=O) groups excluding carboxylic acids is 1. The molecule has 1 aliphatic heterocycles. The minimum atomic E-state index is -0.262. The van der Waals surface area contributed by atoms with Crippen LogP contribution in [0.15, 0.2) is 24.5 Å². The number of hydrogen-bond acceptors (Lipinski definition) is 3. The highest BCUT2D eigenvalue weighted by Crippen LogP contribution is 2.15. The standard InChI is InChI=1S/C12H18O3/c1-2-14-12(13)9-4-3-7-11-8-5-6-10-15-11/h4,6,9-11H,2-3,5,7-8H2,1H3/b9-4+. The van der Waals surface area contributed by atoms with Crippen LogP contribution >= 0.6 is 0 Å². The van der Waals surface area contributed by atoms with E-state index in [0.717, 1.165) is 25.7 Å². The molecule has 0 saturated carbocycles. The average molecular weight is 210 g/mol.